The molecule has 1 heterocycles. The number of hydrogen-bond acceptors (Lipinski definition) is 7. The third kappa shape index (κ3) is 5.04. The van der Waals surface area contributed by atoms with Gasteiger partial charge in [-0.2, -0.15) is 0 Å². The fourth-order valence-corrected chi connectivity index (χ4v) is 3.72. The molecular weight excluding hydrogens is 346 g/mol. The lowest BCUT2D eigenvalue weighted by atomic mass is 10.1. The summed E-state index contributed by atoms with van der Waals surface area (Å²) in [5.41, 5.74) is 1.74. The third-order valence-corrected chi connectivity index (χ3v) is 5.15. The Morgan fingerprint density at radius 3 is 2.58 bits per heavy atom. The minimum atomic E-state index is -0.372. The zero-order valence-electron chi connectivity index (χ0n) is 13.7. The second-order valence-electron chi connectivity index (χ2n) is 4.89. The van der Waals surface area contributed by atoms with Crippen LogP contribution in [0.2, 0.25) is 0 Å². The lowest BCUT2D eigenvalue weighted by Crippen LogP contribution is -2.16. The van der Waals surface area contributed by atoms with Gasteiger partial charge in [0.2, 0.25) is 5.13 Å². The lowest BCUT2D eigenvalue weighted by Gasteiger charge is -2.06. The van der Waals surface area contributed by atoms with Gasteiger partial charge in [-0.1, -0.05) is 42.2 Å². The van der Waals surface area contributed by atoms with Gasteiger partial charge < -0.3 is 4.74 Å². The molecule has 24 heavy (non-hydrogen) atoms. The average Bonchev–Trinajstić information content (AvgIpc) is 3.02. The Morgan fingerprint density at radius 1 is 1.25 bits per heavy atom. The number of nitrogens with one attached hydrogen (secondary N) is 1. The molecule has 0 fully saturated rings. The number of aryl methyl sites for hydroxylation is 1. The number of benzene rings is 1. The van der Waals surface area contributed by atoms with Crippen molar-refractivity contribution in [3.63, 3.8) is 0 Å². The van der Waals surface area contributed by atoms with Crippen molar-refractivity contribution in [3.05, 3.63) is 35.4 Å². The molecule has 1 aromatic carbocycles. The fraction of sp³-hybridized carbons (Fsp3) is 0.375. The van der Waals surface area contributed by atoms with Gasteiger partial charge in [0.05, 0.1) is 6.61 Å². The molecule has 0 saturated heterocycles. The Labute approximate surface area is 149 Å². The second-order valence-corrected chi connectivity index (χ2v) is 7.46. The first-order chi connectivity index (χ1) is 11.5. The van der Waals surface area contributed by atoms with Crippen molar-refractivity contribution in [2.24, 2.45) is 0 Å². The predicted molar refractivity (Wildman–Crippen MR) is 95.6 cm³/mol. The van der Waals surface area contributed by atoms with Gasteiger partial charge in [0, 0.05) is 5.56 Å². The van der Waals surface area contributed by atoms with Crippen LogP contribution in [0.1, 0.15) is 36.7 Å². The highest BCUT2D eigenvalue weighted by Gasteiger charge is 2.18. The van der Waals surface area contributed by atoms with E-state index in [1.807, 2.05) is 12.1 Å². The molecule has 8 heteroatoms. The van der Waals surface area contributed by atoms with E-state index in [-0.39, 0.29) is 17.1 Å². The van der Waals surface area contributed by atoms with Crippen molar-refractivity contribution in [2.45, 2.75) is 36.8 Å². The maximum atomic E-state index is 12.2. The molecule has 0 aliphatic carbocycles. The molecule has 0 aliphatic heterocycles. The molecule has 1 unspecified atom stereocenters. The standard InChI is InChI=1S/C16H19N3O3S2/c1-4-11-6-8-12(9-7-11)13(20)17-15-18-19-16(24-15)23-10(3)14(21)22-5-2/h6-10H,4-5H2,1-3H3,(H,17,18,20). The van der Waals surface area contributed by atoms with Crippen LogP contribution < -0.4 is 5.32 Å². The van der Waals surface area contributed by atoms with Crippen LogP contribution in [0.3, 0.4) is 0 Å². The third-order valence-electron chi connectivity index (χ3n) is 3.15. The van der Waals surface area contributed by atoms with Crippen molar-refractivity contribution in [3.8, 4) is 0 Å². The van der Waals surface area contributed by atoms with Gasteiger partial charge in [-0.25, -0.2) is 0 Å². The van der Waals surface area contributed by atoms with E-state index >= 15 is 0 Å². The number of anilines is 1. The van der Waals surface area contributed by atoms with Gasteiger partial charge in [-0.3, -0.25) is 14.9 Å². The summed E-state index contributed by atoms with van der Waals surface area (Å²) in [5, 5.41) is 10.7. The highest BCUT2D eigenvalue weighted by atomic mass is 32.2. The lowest BCUT2D eigenvalue weighted by molar-refractivity contribution is -0.142. The average molecular weight is 365 g/mol. The van der Waals surface area contributed by atoms with Crippen LogP contribution in [0, 0.1) is 0 Å². The van der Waals surface area contributed by atoms with E-state index in [0.717, 1.165) is 6.42 Å². The summed E-state index contributed by atoms with van der Waals surface area (Å²) in [7, 11) is 0. The van der Waals surface area contributed by atoms with Crippen LogP contribution in [-0.2, 0) is 16.0 Å². The summed E-state index contributed by atoms with van der Waals surface area (Å²) in [4.78, 5) is 23.8. The van der Waals surface area contributed by atoms with Gasteiger partial charge in [-0.05, 0) is 38.0 Å². The number of esters is 1. The number of aromatic nitrogens is 2. The van der Waals surface area contributed by atoms with Gasteiger partial charge in [0.15, 0.2) is 4.34 Å². The van der Waals surface area contributed by atoms with E-state index in [4.69, 9.17) is 4.74 Å². The van der Waals surface area contributed by atoms with Gasteiger partial charge in [0.1, 0.15) is 5.25 Å². The maximum absolute atomic E-state index is 12.2. The largest absolute Gasteiger partial charge is 0.465 e. The van der Waals surface area contributed by atoms with Crippen LogP contribution in [-0.4, -0.2) is 33.9 Å². The van der Waals surface area contributed by atoms with Crippen LogP contribution in [0.4, 0.5) is 5.13 Å². The maximum Gasteiger partial charge on any atom is 0.319 e. The van der Waals surface area contributed by atoms with Gasteiger partial charge in [0.25, 0.3) is 5.91 Å². The Bertz CT molecular complexity index is 701. The molecule has 2 aromatic rings. The monoisotopic (exact) mass is 365 g/mol. The molecule has 0 spiro atoms. The molecule has 0 radical (unpaired) electrons. The molecule has 0 saturated carbocycles. The fourth-order valence-electron chi connectivity index (χ4n) is 1.83. The van der Waals surface area contributed by atoms with Gasteiger partial charge in [-0.15, -0.1) is 10.2 Å². The Morgan fingerprint density at radius 2 is 1.96 bits per heavy atom. The number of nitrogens with zero attached hydrogens (tertiary/aromatic N) is 2. The number of ether oxygens (including phenoxy) is 1. The first-order valence-corrected chi connectivity index (χ1v) is 9.30. The molecule has 1 atom stereocenters. The predicted octanol–water partition coefficient (Wildman–Crippen LogP) is 3.40. The van der Waals surface area contributed by atoms with E-state index in [9.17, 15) is 9.59 Å². The van der Waals surface area contributed by atoms with E-state index in [1.165, 1.54) is 28.7 Å². The van der Waals surface area contributed by atoms with Crippen molar-refractivity contribution in [1.29, 1.82) is 0 Å². The minimum Gasteiger partial charge on any atom is -0.465 e. The molecular formula is C16H19N3O3S2. The van der Waals surface area contributed by atoms with Crippen LogP contribution in [0.25, 0.3) is 0 Å². The quantitative estimate of drug-likeness (QED) is 0.460. The number of amides is 1. The van der Waals surface area contributed by atoms with E-state index in [2.05, 4.69) is 22.4 Å². The smallest absolute Gasteiger partial charge is 0.319 e. The zero-order valence-corrected chi connectivity index (χ0v) is 15.4. The SMILES string of the molecule is CCOC(=O)C(C)Sc1nnc(NC(=O)c2ccc(CC)cc2)s1. The van der Waals surface area contributed by atoms with Crippen molar-refractivity contribution < 1.29 is 14.3 Å². The summed E-state index contributed by atoms with van der Waals surface area (Å²) in [6.45, 7) is 5.92. The van der Waals surface area contributed by atoms with E-state index in [1.54, 1.807) is 26.0 Å². The first-order valence-electron chi connectivity index (χ1n) is 7.60. The van der Waals surface area contributed by atoms with Crippen LogP contribution in [0.15, 0.2) is 28.6 Å². The summed E-state index contributed by atoms with van der Waals surface area (Å²) < 4.78 is 5.55. The molecule has 0 aliphatic rings. The topological polar surface area (TPSA) is 81.2 Å². The van der Waals surface area contributed by atoms with E-state index < -0.39 is 0 Å². The number of hydrogen-bond donors (Lipinski definition) is 1. The van der Waals surface area contributed by atoms with Gasteiger partial charge >= 0.3 is 5.97 Å². The highest BCUT2D eigenvalue weighted by Crippen LogP contribution is 2.29. The van der Waals surface area contributed by atoms with Crippen LogP contribution in [0.5, 0.6) is 0 Å². The Balaban J connectivity index is 1.95. The molecule has 128 valence electrons. The number of rotatable bonds is 7. The van der Waals surface area contributed by atoms with Crippen molar-refractivity contribution in [1.82, 2.24) is 10.2 Å². The molecule has 1 aromatic heterocycles. The molecule has 0 bridgehead atoms. The summed E-state index contributed by atoms with van der Waals surface area (Å²) in [5.74, 6) is -0.525. The van der Waals surface area contributed by atoms with E-state index in [0.29, 0.717) is 21.6 Å². The number of carbonyl (C=O) groups is 2. The normalized spacial score (nSPS) is 11.8. The highest BCUT2D eigenvalue weighted by molar-refractivity contribution is 8.02. The second kappa shape index (κ2) is 8.79. The molecule has 2 rings (SSSR count). The minimum absolute atomic E-state index is 0.233. The zero-order chi connectivity index (χ0) is 17.5. The Hall–Kier alpha value is -1.93. The molecule has 1 amide bonds. The summed E-state index contributed by atoms with van der Waals surface area (Å²) >= 11 is 2.49. The Kier molecular flexibility index (Phi) is 6.74. The first kappa shape index (κ1) is 18.4. The van der Waals surface area contributed by atoms with Crippen LogP contribution >= 0.6 is 23.1 Å². The van der Waals surface area contributed by atoms with Crippen molar-refractivity contribution >= 4 is 40.1 Å². The molecule has 1 N–H and O–H groups in total. The number of thioether (sulfide) groups is 1. The summed E-state index contributed by atoms with van der Waals surface area (Å²) in [6.07, 6.45) is 0.928. The number of carbonyl (C=O) groups excluding carboxylic acids is 2. The summed E-state index contributed by atoms with van der Waals surface area (Å²) in [6, 6.07) is 7.43. The molecule has 6 nitrogen and oxygen atoms in total. The van der Waals surface area contributed by atoms with Crippen molar-refractivity contribution in [2.75, 3.05) is 11.9 Å².